The predicted molar refractivity (Wildman–Crippen MR) is 69.0 cm³/mol. The third-order valence-corrected chi connectivity index (χ3v) is 2.71. The number of aliphatic hydroxyl groups excluding tert-OH is 2. The molecule has 0 amide bonds. The number of ether oxygens (including phenoxy) is 1. The Bertz CT molecular complexity index is 298. The van der Waals surface area contributed by atoms with Gasteiger partial charge in [0.25, 0.3) is 0 Å². The van der Waals surface area contributed by atoms with Gasteiger partial charge in [0, 0.05) is 6.42 Å². The lowest BCUT2D eigenvalue weighted by molar-refractivity contribution is -0.145. The maximum absolute atomic E-state index is 11.1. The van der Waals surface area contributed by atoms with Gasteiger partial charge in [0.2, 0.25) is 0 Å². The molecule has 0 aliphatic heterocycles. The van der Waals surface area contributed by atoms with Gasteiger partial charge in [-0.05, 0) is 6.92 Å². The topological polar surface area (TPSA) is 66.8 Å². The molecule has 0 aromatic heterocycles. The maximum Gasteiger partial charge on any atom is 0.308 e. The first-order valence-corrected chi connectivity index (χ1v) is 9.29. The van der Waals surface area contributed by atoms with Crippen molar-refractivity contribution in [3.05, 3.63) is 0 Å². The fourth-order valence-electron chi connectivity index (χ4n) is 1.11. The van der Waals surface area contributed by atoms with E-state index in [1.54, 1.807) is 6.92 Å². The average Bonchev–Trinajstić information content (AvgIpc) is 2.13. The minimum atomic E-state index is -1.51. The molecular weight excluding hydrogens is 236 g/mol. The number of carbonyl (C=O) groups is 1. The van der Waals surface area contributed by atoms with Crippen LogP contribution in [-0.4, -0.2) is 43.1 Å². The van der Waals surface area contributed by atoms with E-state index in [1.807, 2.05) is 0 Å². The van der Waals surface area contributed by atoms with E-state index in [1.165, 1.54) is 0 Å². The fraction of sp³-hybridized carbons (Fsp3) is 0.750. The summed E-state index contributed by atoms with van der Waals surface area (Å²) < 4.78 is 4.70. The van der Waals surface area contributed by atoms with Gasteiger partial charge < -0.3 is 14.9 Å². The number of esters is 1. The number of hydrogen-bond donors (Lipinski definition) is 2. The lowest BCUT2D eigenvalue weighted by Crippen LogP contribution is -2.22. The second kappa shape index (κ2) is 7.48. The lowest BCUT2D eigenvalue weighted by atomic mass is 10.1. The van der Waals surface area contributed by atoms with Gasteiger partial charge in [0.1, 0.15) is 14.2 Å². The molecule has 0 heterocycles. The Labute approximate surface area is 104 Å². The van der Waals surface area contributed by atoms with Crippen molar-refractivity contribution in [3.8, 4) is 11.5 Å². The van der Waals surface area contributed by atoms with Crippen LogP contribution in [0.15, 0.2) is 0 Å². The highest BCUT2D eigenvalue weighted by Gasteiger charge is 2.15. The van der Waals surface area contributed by atoms with Crippen molar-refractivity contribution in [2.45, 2.75) is 51.6 Å². The van der Waals surface area contributed by atoms with Crippen LogP contribution >= 0.6 is 0 Å². The summed E-state index contributed by atoms with van der Waals surface area (Å²) in [4.78, 5) is 11.1. The molecule has 0 aromatic rings. The summed E-state index contributed by atoms with van der Waals surface area (Å²) in [6.07, 6.45) is -1.80. The van der Waals surface area contributed by atoms with E-state index in [-0.39, 0.29) is 12.8 Å². The first kappa shape index (κ1) is 16.2. The quantitative estimate of drug-likeness (QED) is 0.437. The molecule has 0 aliphatic rings. The van der Waals surface area contributed by atoms with Gasteiger partial charge >= 0.3 is 5.97 Å². The van der Waals surface area contributed by atoms with Crippen molar-refractivity contribution in [3.63, 3.8) is 0 Å². The summed E-state index contributed by atoms with van der Waals surface area (Å²) >= 11 is 0. The minimum Gasteiger partial charge on any atom is -0.466 e. The first-order valence-electron chi connectivity index (χ1n) is 5.79. The molecule has 0 saturated heterocycles. The van der Waals surface area contributed by atoms with Gasteiger partial charge in [-0.2, -0.15) is 0 Å². The molecule has 0 radical (unpaired) electrons. The molecular formula is C12H22O4Si. The van der Waals surface area contributed by atoms with Crippen LogP contribution in [-0.2, 0) is 9.53 Å². The summed E-state index contributed by atoms with van der Waals surface area (Å²) in [5.74, 6) is 2.26. The van der Waals surface area contributed by atoms with E-state index in [0.717, 1.165) is 0 Å². The van der Waals surface area contributed by atoms with Crippen molar-refractivity contribution in [1.29, 1.82) is 0 Å². The zero-order valence-corrected chi connectivity index (χ0v) is 12.0. The number of hydrogen-bond acceptors (Lipinski definition) is 4. The van der Waals surface area contributed by atoms with Gasteiger partial charge in [0.15, 0.2) is 0 Å². The third kappa shape index (κ3) is 10.1. The van der Waals surface area contributed by atoms with Gasteiger partial charge in [-0.1, -0.05) is 25.6 Å². The van der Waals surface area contributed by atoms with E-state index in [9.17, 15) is 15.0 Å². The van der Waals surface area contributed by atoms with Crippen molar-refractivity contribution in [1.82, 2.24) is 0 Å². The van der Waals surface area contributed by atoms with Crippen LogP contribution in [0.1, 0.15) is 19.8 Å². The monoisotopic (exact) mass is 258 g/mol. The summed E-state index contributed by atoms with van der Waals surface area (Å²) in [6.45, 7) is 8.22. The highest BCUT2D eigenvalue weighted by molar-refractivity contribution is 6.83. The van der Waals surface area contributed by atoms with E-state index in [0.29, 0.717) is 6.61 Å². The zero-order chi connectivity index (χ0) is 13.5. The second-order valence-corrected chi connectivity index (χ2v) is 9.68. The lowest BCUT2D eigenvalue weighted by Gasteiger charge is -2.11. The Morgan fingerprint density at radius 1 is 1.35 bits per heavy atom. The van der Waals surface area contributed by atoms with Crippen molar-refractivity contribution in [2.75, 3.05) is 6.61 Å². The van der Waals surface area contributed by atoms with Gasteiger partial charge in [-0.25, -0.2) is 0 Å². The van der Waals surface area contributed by atoms with Gasteiger partial charge in [-0.15, -0.1) is 5.54 Å². The Morgan fingerprint density at radius 2 is 1.94 bits per heavy atom. The molecule has 0 saturated carbocycles. The van der Waals surface area contributed by atoms with Crippen molar-refractivity contribution in [2.24, 2.45) is 0 Å². The molecule has 5 heteroatoms. The highest BCUT2D eigenvalue weighted by Crippen LogP contribution is 2.04. The fourth-order valence-corrected chi connectivity index (χ4v) is 1.71. The number of aliphatic hydroxyl groups is 2. The molecule has 98 valence electrons. The standard InChI is InChI=1S/C12H22O4Si/c1-5-16-12(15)9-11(14)8-10(13)6-7-17(2,3)4/h10-11,13-14H,5,8-9H2,1-4H3. The maximum atomic E-state index is 11.1. The van der Waals surface area contributed by atoms with E-state index >= 15 is 0 Å². The predicted octanol–water partition coefficient (Wildman–Crippen LogP) is 0.932. The molecule has 0 aliphatic carbocycles. The molecule has 0 rings (SSSR count). The smallest absolute Gasteiger partial charge is 0.308 e. The Kier molecular flexibility index (Phi) is 7.12. The van der Waals surface area contributed by atoms with E-state index < -0.39 is 26.3 Å². The highest BCUT2D eigenvalue weighted by atomic mass is 28.3. The molecule has 2 N–H and O–H groups in total. The van der Waals surface area contributed by atoms with Crippen LogP contribution in [0, 0.1) is 11.5 Å². The summed E-state index contributed by atoms with van der Waals surface area (Å²) in [5, 5.41) is 19.1. The van der Waals surface area contributed by atoms with Gasteiger partial charge in [-0.3, -0.25) is 4.79 Å². The van der Waals surface area contributed by atoms with Crippen LogP contribution in [0.4, 0.5) is 0 Å². The molecule has 0 fully saturated rings. The molecule has 4 nitrogen and oxygen atoms in total. The molecule has 17 heavy (non-hydrogen) atoms. The normalized spacial score (nSPS) is 14.5. The van der Waals surface area contributed by atoms with Crippen molar-refractivity contribution < 1.29 is 19.7 Å². The SMILES string of the molecule is CCOC(=O)CC(O)CC(O)C#C[Si](C)(C)C. The Hall–Kier alpha value is -0.833. The molecule has 2 unspecified atom stereocenters. The van der Waals surface area contributed by atoms with Gasteiger partial charge in [0.05, 0.1) is 19.1 Å². The summed E-state index contributed by atoms with van der Waals surface area (Å²) in [5.41, 5.74) is 3.02. The van der Waals surface area contributed by atoms with Crippen LogP contribution < -0.4 is 0 Å². The van der Waals surface area contributed by atoms with Crippen LogP contribution in [0.3, 0.4) is 0 Å². The first-order chi connectivity index (χ1) is 7.74. The average molecular weight is 258 g/mol. The van der Waals surface area contributed by atoms with E-state index in [4.69, 9.17) is 4.74 Å². The van der Waals surface area contributed by atoms with E-state index in [2.05, 4.69) is 31.1 Å². The number of rotatable bonds is 5. The molecule has 2 atom stereocenters. The Morgan fingerprint density at radius 3 is 2.41 bits per heavy atom. The van der Waals surface area contributed by atoms with Crippen LogP contribution in [0.2, 0.25) is 19.6 Å². The second-order valence-electron chi connectivity index (χ2n) is 4.93. The molecule has 0 bridgehead atoms. The largest absolute Gasteiger partial charge is 0.466 e. The minimum absolute atomic E-state index is 0.0797. The Balaban J connectivity index is 4.07. The summed E-state index contributed by atoms with van der Waals surface area (Å²) in [7, 11) is -1.51. The zero-order valence-electron chi connectivity index (χ0n) is 11.0. The molecule has 0 spiro atoms. The van der Waals surface area contributed by atoms with Crippen LogP contribution in [0.5, 0.6) is 0 Å². The summed E-state index contributed by atoms with van der Waals surface area (Å²) in [6, 6.07) is 0. The van der Waals surface area contributed by atoms with Crippen molar-refractivity contribution >= 4 is 14.0 Å². The number of carbonyl (C=O) groups excluding carboxylic acids is 1. The third-order valence-electron chi connectivity index (χ3n) is 1.82. The molecule has 0 aromatic carbocycles. The van der Waals surface area contributed by atoms with Crippen LogP contribution in [0.25, 0.3) is 0 Å².